The molecule has 0 saturated heterocycles. The summed E-state index contributed by atoms with van der Waals surface area (Å²) < 4.78 is 5.45. The Morgan fingerprint density at radius 1 is 1.27 bits per heavy atom. The first-order valence-electron chi connectivity index (χ1n) is 7.23. The van der Waals surface area contributed by atoms with Crippen molar-refractivity contribution in [3.63, 3.8) is 0 Å². The SMILES string of the molecule is CCCNc1cc(C(=O)O)nc(-c2cccc(OCC)c2)n1. The average Bonchev–Trinajstić information content (AvgIpc) is 2.53. The summed E-state index contributed by atoms with van der Waals surface area (Å²) in [5, 5.41) is 12.3. The lowest BCUT2D eigenvalue weighted by atomic mass is 10.2. The Kier molecular flexibility index (Phi) is 5.30. The molecule has 2 rings (SSSR count). The molecule has 2 aromatic rings. The van der Waals surface area contributed by atoms with E-state index in [1.54, 1.807) is 6.07 Å². The van der Waals surface area contributed by atoms with Gasteiger partial charge in [-0.2, -0.15) is 0 Å². The van der Waals surface area contributed by atoms with Crippen molar-refractivity contribution in [2.45, 2.75) is 20.3 Å². The minimum absolute atomic E-state index is 0.0367. The molecular weight excluding hydrogens is 282 g/mol. The summed E-state index contributed by atoms with van der Waals surface area (Å²) in [6, 6.07) is 8.73. The fourth-order valence-corrected chi connectivity index (χ4v) is 1.92. The molecule has 0 aliphatic heterocycles. The first-order valence-corrected chi connectivity index (χ1v) is 7.23. The molecule has 0 fully saturated rings. The van der Waals surface area contributed by atoms with Crippen molar-refractivity contribution >= 4 is 11.8 Å². The molecule has 2 N–H and O–H groups in total. The van der Waals surface area contributed by atoms with Crippen molar-refractivity contribution in [3.05, 3.63) is 36.0 Å². The fourth-order valence-electron chi connectivity index (χ4n) is 1.92. The quantitative estimate of drug-likeness (QED) is 0.817. The van der Waals surface area contributed by atoms with Crippen LogP contribution >= 0.6 is 0 Å². The zero-order valence-electron chi connectivity index (χ0n) is 12.7. The molecule has 0 aliphatic rings. The Bertz CT molecular complexity index is 659. The van der Waals surface area contributed by atoms with Gasteiger partial charge in [-0.05, 0) is 25.5 Å². The van der Waals surface area contributed by atoms with Gasteiger partial charge in [0.15, 0.2) is 11.5 Å². The molecule has 1 aromatic heterocycles. The van der Waals surface area contributed by atoms with E-state index in [1.165, 1.54) is 6.07 Å². The molecule has 116 valence electrons. The van der Waals surface area contributed by atoms with Crippen LogP contribution in [0, 0.1) is 0 Å². The minimum Gasteiger partial charge on any atom is -0.494 e. The van der Waals surface area contributed by atoms with E-state index < -0.39 is 5.97 Å². The van der Waals surface area contributed by atoms with Crippen LogP contribution < -0.4 is 10.1 Å². The number of hydrogen-bond acceptors (Lipinski definition) is 5. The van der Waals surface area contributed by atoms with Gasteiger partial charge in [0.1, 0.15) is 11.6 Å². The number of carbonyl (C=O) groups is 1. The second-order valence-electron chi connectivity index (χ2n) is 4.65. The van der Waals surface area contributed by atoms with Gasteiger partial charge in [0.05, 0.1) is 6.61 Å². The normalized spacial score (nSPS) is 10.3. The third-order valence-corrected chi connectivity index (χ3v) is 2.90. The second-order valence-corrected chi connectivity index (χ2v) is 4.65. The molecule has 0 radical (unpaired) electrons. The largest absolute Gasteiger partial charge is 0.494 e. The van der Waals surface area contributed by atoms with E-state index in [0.29, 0.717) is 36.1 Å². The van der Waals surface area contributed by atoms with Crippen LogP contribution in [0.2, 0.25) is 0 Å². The first-order chi connectivity index (χ1) is 10.6. The molecule has 0 amide bonds. The number of carboxylic acid groups (broad SMARTS) is 1. The summed E-state index contributed by atoms with van der Waals surface area (Å²) in [5.41, 5.74) is 0.680. The number of hydrogen-bond donors (Lipinski definition) is 2. The highest BCUT2D eigenvalue weighted by Crippen LogP contribution is 2.23. The number of benzene rings is 1. The molecule has 0 aliphatic carbocycles. The molecule has 0 saturated carbocycles. The number of aromatic carboxylic acids is 1. The number of ether oxygens (including phenoxy) is 1. The molecule has 0 bridgehead atoms. The van der Waals surface area contributed by atoms with E-state index in [0.717, 1.165) is 6.42 Å². The lowest BCUT2D eigenvalue weighted by molar-refractivity contribution is 0.0690. The lowest BCUT2D eigenvalue weighted by Crippen LogP contribution is -2.08. The topological polar surface area (TPSA) is 84.3 Å². The Morgan fingerprint density at radius 2 is 2.09 bits per heavy atom. The Morgan fingerprint density at radius 3 is 2.77 bits per heavy atom. The zero-order chi connectivity index (χ0) is 15.9. The van der Waals surface area contributed by atoms with Crippen molar-refractivity contribution in [2.24, 2.45) is 0 Å². The fraction of sp³-hybridized carbons (Fsp3) is 0.312. The third-order valence-electron chi connectivity index (χ3n) is 2.90. The van der Waals surface area contributed by atoms with Crippen LogP contribution in [0.25, 0.3) is 11.4 Å². The number of carboxylic acids is 1. The molecule has 0 unspecified atom stereocenters. The molecule has 1 aromatic carbocycles. The van der Waals surface area contributed by atoms with Gasteiger partial charge in [-0.3, -0.25) is 0 Å². The van der Waals surface area contributed by atoms with Crippen LogP contribution in [-0.4, -0.2) is 34.2 Å². The number of rotatable bonds is 7. The second kappa shape index (κ2) is 7.40. The minimum atomic E-state index is -1.08. The number of nitrogens with one attached hydrogen (secondary N) is 1. The molecule has 0 atom stereocenters. The van der Waals surface area contributed by atoms with Crippen molar-refractivity contribution in [1.29, 1.82) is 0 Å². The van der Waals surface area contributed by atoms with E-state index in [1.807, 2.05) is 32.0 Å². The van der Waals surface area contributed by atoms with E-state index in [2.05, 4.69) is 15.3 Å². The van der Waals surface area contributed by atoms with Crippen LogP contribution in [0.15, 0.2) is 30.3 Å². The Balaban J connectivity index is 2.42. The third kappa shape index (κ3) is 3.94. The highest BCUT2D eigenvalue weighted by Gasteiger charge is 2.12. The van der Waals surface area contributed by atoms with E-state index in [-0.39, 0.29) is 5.69 Å². The van der Waals surface area contributed by atoms with Gasteiger partial charge >= 0.3 is 5.97 Å². The van der Waals surface area contributed by atoms with Gasteiger partial charge < -0.3 is 15.2 Å². The number of nitrogens with zero attached hydrogens (tertiary/aromatic N) is 2. The Hall–Kier alpha value is -2.63. The predicted molar refractivity (Wildman–Crippen MR) is 84.4 cm³/mol. The zero-order valence-corrected chi connectivity index (χ0v) is 12.7. The summed E-state index contributed by atoms with van der Waals surface area (Å²) in [4.78, 5) is 19.7. The van der Waals surface area contributed by atoms with Gasteiger partial charge in [-0.15, -0.1) is 0 Å². The summed E-state index contributed by atoms with van der Waals surface area (Å²) in [7, 11) is 0. The molecule has 6 heteroatoms. The van der Waals surface area contributed by atoms with Crippen molar-refractivity contribution in [1.82, 2.24) is 9.97 Å². The highest BCUT2D eigenvalue weighted by molar-refractivity contribution is 5.87. The molecule has 1 heterocycles. The average molecular weight is 301 g/mol. The van der Waals surface area contributed by atoms with Gasteiger partial charge in [0.2, 0.25) is 0 Å². The highest BCUT2D eigenvalue weighted by atomic mass is 16.5. The van der Waals surface area contributed by atoms with Crippen LogP contribution in [0.3, 0.4) is 0 Å². The van der Waals surface area contributed by atoms with Crippen LogP contribution in [0.1, 0.15) is 30.8 Å². The van der Waals surface area contributed by atoms with Crippen molar-refractivity contribution < 1.29 is 14.6 Å². The maximum absolute atomic E-state index is 11.2. The summed E-state index contributed by atoms with van der Waals surface area (Å²) in [5.74, 6) is 0.489. The smallest absolute Gasteiger partial charge is 0.354 e. The van der Waals surface area contributed by atoms with E-state index in [9.17, 15) is 9.90 Å². The van der Waals surface area contributed by atoms with Gasteiger partial charge in [0, 0.05) is 18.2 Å². The molecule has 6 nitrogen and oxygen atoms in total. The summed E-state index contributed by atoms with van der Waals surface area (Å²) in [6.07, 6.45) is 0.918. The monoisotopic (exact) mass is 301 g/mol. The molecule has 22 heavy (non-hydrogen) atoms. The van der Waals surface area contributed by atoms with Crippen LogP contribution in [-0.2, 0) is 0 Å². The van der Waals surface area contributed by atoms with Crippen molar-refractivity contribution in [2.75, 3.05) is 18.5 Å². The van der Waals surface area contributed by atoms with Gasteiger partial charge in [-0.1, -0.05) is 19.1 Å². The molecular formula is C16H19N3O3. The number of anilines is 1. The summed E-state index contributed by atoms with van der Waals surface area (Å²) in [6.45, 7) is 5.21. The maximum Gasteiger partial charge on any atom is 0.354 e. The number of aromatic nitrogens is 2. The maximum atomic E-state index is 11.2. The van der Waals surface area contributed by atoms with Crippen LogP contribution in [0.4, 0.5) is 5.82 Å². The van der Waals surface area contributed by atoms with Gasteiger partial charge in [-0.25, -0.2) is 14.8 Å². The van der Waals surface area contributed by atoms with E-state index >= 15 is 0 Å². The predicted octanol–water partition coefficient (Wildman–Crippen LogP) is 3.06. The van der Waals surface area contributed by atoms with Crippen LogP contribution in [0.5, 0.6) is 5.75 Å². The standard InChI is InChI=1S/C16H19N3O3/c1-3-8-17-14-10-13(16(20)21)18-15(19-14)11-6-5-7-12(9-11)22-4-2/h5-7,9-10H,3-4,8H2,1-2H3,(H,20,21)(H,17,18,19). The Labute approximate surface area is 129 Å². The van der Waals surface area contributed by atoms with E-state index in [4.69, 9.17) is 4.74 Å². The van der Waals surface area contributed by atoms with Crippen molar-refractivity contribution in [3.8, 4) is 17.1 Å². The molecule has 0 spiro atoms. The lowest BCUT2D eigenvalue weighted by Gasteiger charge is -2.09. The first kappa shape index (κ1) is 15.8. The summed E-state index contributed by atoms with van der Waals surface area (Å²) >= 11 is 0. The van der Waals surface area contributed by atoms with Gasteiger partial charge in [0.25, 0.3) is 0 Å².